The van der Waals surface area contributed by atoms with Crippen LogP contribution >= 0.6 is 23.5 Å². The molecule has 5 heteroatoms. The fourth-order valence-electron chi connectivity index (χ4n) is 5.61. The standard InChI is InChI=1S/C21H34O2S2Si/c1-19(2,3)26(4,5)23-18-8-7-17-20(18)10-9-16(22)13-15(20)14-21(17)24-11-6-12-25-21/h9-10,15,17-18H,6-8,11-14H2,1-5H3/t15-,17+,18-,20+/m0/s1. The molecular formula is C21H34O2S2Si. The Kier molecular flexibility index (Phi) is 4.82. The lowest BCUT2D eigenvalue weighted by Crippen LogP contribution is -2.50. The van der Waals surface area contributed by atoms with Crippen molar-refractivity contribution in [3.63, 3.8) is 0 Å². The van der Waals surface area contributed by atoms with Crippen LogP contribution in [0.3, 0.4) is 0 Å². The van der Waals surface area contributed by atoms with Gasteiger partial charge in [-0.3, -0.25) is 4.79 Å². The van der Waals surface area contributed by atoms with E-state index in [1.54, 1.807) is 0 Å². The molecule has 0 radical (unpaired) electrons. The maximum atomic E-state index is 12.3. The van der Waals surface area contributed by atoms with Crippen LogP contribution in [0.4, 0.5) is 0 Å². The minimum atomic E-state index is -1.82. The third-order valence-electron chi connectivity index (χ3n) is 7.88. The average Bonchev–Trinajstić information content (AvgIpc) is 3.01. The predicted octanol–water partition coefficient (Wildman–Crippen LogP) is 5.89. The first kappa shape index (κ1) is 19.6. The van der Waals surface area contributed by atoms with Crippen LogP contribution in [0.15, 0.2) is 12.2 Å². The number of hydrogen-bond acceptors (Lipinski definition) is 4. The molecule has 1 saturated heterocycles. The molecule has 2 saturated carbocycles. The van der Waals surface area contributed by atoms with Gasteiger partial charge in [0, 0.05) is 11.8 Å². The highest BCUT2D eigenvalue weighted by Crippen LogP contribution is 2.72. The highest BCUT2D eigenvalue weighted by molar-refractivity contribution is 8.18. The van der Waals surface area contributed by atoms with Gasteiger partial charge in [0.1, 0.15) is 0 Å². The molecule has 0 amide bonds. The molecule has 146 valence electrons. The van der Waals surface area contributed by atoms with Crippen LogP contribution in [0.25, 0.3) is 0 Å². The second-order valence-corrected chi connectivity index (χ2v) is 18.1. The molecule has 0 unspecified atom stereocenters. The molecule has 1 aliphatic heterocycles. The van der Waals surface area contributed by atoms with E-state index in [1.807, 2.05) is 6.08 Å². The van der Waals surface area contributed by atoms with Crippen molar-refractivity contribution >= 4 is 37.6 Å². The summed E-state index contributed by atoms with van der Waals surface area (Å²) in [5, 5.41) is 0.232. The third-order valence-corrected chi connectivity index (χ3v) is 15.9. The number of carbonyl (C=O) groups excluding carboxylic acids is 1. The normalized spacial score (nSPS) is 39.3. The third kappa shape index (κ3) is 2.82. The lowest BCUT2D eigenvalue weighted by molar-refractivity contribution is -0.117. The van der Waals surface area contributed by atoms with Gasteiger partial charge >= 0.3 is 0 Å². The Balaban J connectivity index is 1.71. The minimum Gasteiger partial charge on any atom is -0.413 e. The number of ketones is 1. The van der Waals surface area contributed by atoms with Crippen molar-refractivity contribution in [3.05, 3.63) is 12.2 Å². The zero-order valence-electron chi connectivity index (χ0n) is 17.0. The van der Waals surface area contributed by atoms with Crippen LogP contribution in [0.5, 0.6) is 0 Å². The Labute approximate surface area is 168 Å². The molecule has 2 nitrogen and oxygen atoms in total. The van der Waals surface area contributed by atoms with Crippen LogP contribution in [0.2, 0.25) is 18.1 Å². The molecule has 0 aromatic heterocycles. The van der Waals surface area contributed by atoms with Gasteiger partial charge in [0.2, 0.25) is 0 Å². The fourth-order valence-corrected chi connectivity index (χ4v) is 11.0. The smallest absolute Gasteiger partial charge is 0.192 e. The quantitative estimate of drug-likeness (QED) is 0.530. The first-order chi connectivity index (χ1) is 12.1. The second-order valence-electron chi connectivity index (χ2n) is 10.3. The maximum absolute atomic E-state index is 12.3. The molecule has 1 heterocycles. The van der Waals surface area contributed by atoms with Crippen LogP contribution in [0, 0.1) is 17.3 Å². The zero-order chi connectivity index (χ0) is 18.8. The van der Waals surface area contributed by atoms with Crippen LogP contribution in [-0.4, -0.2) is 35.8 Å². The zero-order valence-corrected chi connectivity index (χ0v) is 19.6. The number of thioether (sulfide) groups is 2. The number of rotatable bonds is 2. The van der Waals surface area contributed by atoms with Gasteiger partial charge in [0.05, 0.1) is 10.2 Å². The molecule has 2 spiro atoms. The molecule has 3 aliphatic carbocycles. The first-order valence-corrected chi connectivity index (χ1v) is 15.2. The van der Waals surface area contributed by atoms with Gasteiger partial charge in [-0.15, -0.1) is 23.5 Å². The molecule has 4 atom stereocenters. The summed E-state index contributed by atoms with van der Waals surface area (Å²) in [5.74, 6) is 4.07. The van der Waals surface area contributed by atoms with Crippen molar-refractivity contribution in [1.29, 1.82) is 0 Å². The molecular weight excluding hydrogens is 376 g/mol. The summed E-state index contributed by atoms with van der Waals surface area (Å²) in [4.78, 5) is 12.3. The number of allylic oxidation sites excluding steroid dienone is 1. The van der Waals surface area contributed by atoms with Crippen molar-refractivity contribution in [2.24, 2.45) is 17.3 Å². The van der Waals surface area contributed by atoms with E-state index < -0.39 is 8.32 Å². The number of carbonyl (C=O) groups is 1. The summed E-state index contributed by atoms with van der Waals surface area (Å²) < 4.78 is 7.40. The molecule has 26 heavy (non-hydrogen) atoms. The molecule has 3 fully saturated rings. The Morgan fingerprint density at radius 3 is 2.54 bits per heavy atom. The lowest BCUT2D eigenvalue weighted by atomic mass is 9.67. The van der Waals surface area contributed by atoms with E-state index in [1.165, 1.54) is 37.2 Å². The van der Waals surface area contributed by atoms with Crippen molar-refractivity contribution in [2.45, 2.75) is 81.2 Å². The van der Waals surface area contributed by atoms with Gasteiger partial charge in [-0.05, 0) is 73.2 Å². The van der Waals surface area contributed by atoms with Crippen LogP contribution in [-0.2, 0) is 9.22 Å². The monoisotopic (exact) mass is 410 g/mol. The molecule has 0 aromatic rings. The van der Waals surface area contributed by atoms with Gasteiger partial charge in [-0.2, -0.15) is 0 Å². The predicted molar refractivity (Wildman–Crippen MR) is 116 cm³/mol. The van der Waals surface area contributed by atoms with E-state index in [-0.39, 0.29) is 10.5 Å². The van der Waals surface area contributed by atoms with Gasteiger partial charge in [0.25, 0.3) is 0 Å². The van der Waals surface area contributed by atoms with Gasteiger partial charge in [-0.1, -0.05) is 26.8 Å². The molecule has 0 N–H and O–H groups in total. The molecule has 0 bridgehead atoms. The topological polar surface area (TPSA) is 26.3 Å². The summed E-state index contributed by atoms with van der Waals surface area (Å²) in [6, 6.07) is 0. The SMILES string of the molecule is CC(C)(C)[Si](C)(C)O[C@H]1CC[C@H]2C3(C[C@@H]4CC(=O)C=C[C@]412)SCCCS3. The van der Waals surface area contributed by atoms with Gasteiger partial charge < -0.3 is 4.43 Å². The van der Waals surface area contributed by atoms with E-state index in [4.69, 9.17) is 4.43 Å². The summed E-state index contributed by atoms with van der Waals surface area (Å²) in [5.41, 5.74) is 0.112. The lowest BCUT2D eigenvalue weighted by Gasteiger charge is -2.47. The van der Waals surface area contributed by atoms with Crippen molar-refractivity contribution < 1.29 is 9.22 Å². The molecule has 4 aliphatic rings. The summed E-state index contributed by atoms with van der Waals surface area (Å²) in [6.45, 7) is 11.8. The van der Waals surface area contributed by atoms with E-state index in [9.17, 15) is 4.79 Å². The highest BCUT2D eigenvalue weighted by atomic mass is 32.2. The van der Waals surface area contributed by atoms with Crippen molar-refractivity contribution in [3.8, 4) is 0 Å². The molecule has 0 aromatic carbocycles. The Bertz CT molecular complexity index is 618. The van der Waals surface area contributed by atoms with Crippen molar-refractivity contribution in [1.82, 2.24) is 0 Å². The summed E-state index contributed by atoms with van der Waals surface area (Å²) >= 11 is 4.42. The van der Waals surface area contributed by atoms with Crippen LogP contribution in [0.1, 0.15) is 52.9 Å². The summed E-state index contributed by atoms with van der Waals surface area (Å²) in [7, 11) is -1.82. The van der Waals surface area contributed by atoms with E-state index in [0.29, 0.717) is 27.8 Å². The minimum absolute atomic E-state index is 0.112. The Hall–Kier alpha value is 0.287. The first-order valence-electron chi connectivity index (χ1n) is 10.3. The van der Waals surface area contributed by atoms with Gasteiger partial charge in [-0.25, -0.2) is 0 Å². The van der Waals surface area contributed by atoms with E-state index >= 15 is 0 Å². The van der Waals surface area contributed by atoms with E-state index in [2.05, 4.69) is 63.5 Å². The number of fused-ring (bicyclic) bond motifs is 1. The van der Waals surface area contributed by atoms with Crippen LogP contribution < -0.4 is 0 Å². The Morgan fingerprint density at radius 1 is 1.19 bits per heavy atom. The Morgan fingerprint density at radius 2 is 1.88 bits per heavy atom. The van der Waals surface area contributed by atoms with E-state index in [0.717, 1.165) is 6.42 Å². The molecule has 4 rings (SSSR count). The van der Waals surface area contributed by atoms with Gasteiger partial charge in [0.15, 0.2) is 14.1 Å². The second kappa shape index (κ2) is 6.40. The van der Waals surface area contributed by atoms with Crippen molar-refractivity contribution in [2.75, 3.05) is 11.5 Å². The summed E-state index contributed by atoms with van der Waals surface area (Å²) in [6.07, 6.45) is 10.3. The largest absolute Gasteiger partial charge is 0.413 e. The highest BCUT2D eigenvalue weighted by Gasteiger charge is 2.68. The fraction of sp³-hybridized carbons (Fsp3) is 0.857. The average molecular weight is 411 g/mol. The number of hydrogen-bond donors (Lipinski definition) is 0. The maximum Gasteiger partial charge on any atom is 0.192 e.